The van der Waals surface area contributed by atoms with Gasteiger partial charge >= 0.3 is 0 Å². The standard InChI is InChI=1S/C12H15N/c1-10-5-6-11(8-10)9-12-4-2-3-7-13-12/h2-4,7,9-10H,5-6,8H2,1H3/b11-9-. The van der Waals surface area contributed by atoms with Crippen LogP contribution in [0.2, 0.25) is 0 Å². The van der Waals surface area contributed by atoms with Gasteiger partial charge in [-0.25, -0.2) is 0 Å². The van der Waals surface area contributed by atoms with Gasteiger partial charge in [-0.1, -0.05) is 18.6 Å². The molecule has 13 heavy (non-hydrogen) atoms. The Bertz CT molecular complexity index is 300. The Labute approximate surface area is 79.5 Å². The van der Waals surface area contributed by atoms with Crippen LogP contribution in [-0.4, -0.2) is 4.98 Å². The van der Waals surface area contributed by atoms with Crippen molar-refractivity contribution in [2.24, 2.45) is 5.92 Å². The second-order valence-electron chi connectivity index (χ2n) is 3.91. The highest BCUT2D eigenvalue weighted by Gasteiger charge is 2.14. The molecule has 1 atom stereocenters. The van der Waals surface area contributed by atoms with Gasteiger partial charge in [0, 0.05) is 6.20 Å². The number of hydrogen-bond donors (Lipinski definition) is 0. The van der Waals surface area contributed by atoms with E-state index in [-0.39, 0.29) is 0 Å². The van der Waals surface area contributed by atoms with E-state index in [1.165, 1.54) is 19.3 Å². The average molecular weight is 173 g/mol. The van der Waals surface area contributed by atoms with E-state index in [2.05, 4.69) is 24.1 Å². The average Bonchev–Trinajstić information content (AvgIpc) is 2.53. The summed E-state index contributed by atoms with van der Waals surface area (Å²) in [6.07, 6.45) is 7.96. The van der Waals surface area contributed by atoms with E-state index in [1.54, 1.807) is 5.57 Å². The molecule has 1 heteroatoms. The number of aromatic nitrogens is 1. The van der Waals surface area contributed by atoms with Crippen molar-refractivity contribution in [1.82, 2.24) is 4.98 Å². The quantitative estimate of drug-likeness (QED) is 0.635. The highest BCUT2D eigenvalue weighted by Crippen LogP contribution is 2.30. The zero-order chi connectivity index (χ0) is 9.10. The molecule has 1 aliphatic rings. The highest BCUT2D eigenvalue weighted by atomic mass is 14.6. The zero-order valence-electron chi connectivity index (χ0n) is 8.03. The van der Waals surface area contributed by atoms with Gasteiger partial charge in [0.1, 0.15) is 0 Å². The Morgan fingerprint density at radius 1 is 1.46 bits per heavy atom. The van der Waals surface area contributed by atoms with Crippen LogP contribution in [0.3, 0.4) is 0 Å². The molecule has 0 bridgehead atoms. The van der Waals surface area contributed by atoms with Gasteiger partial charge in [-0.3, -0.25) is 4.98 Å². The summed E-state index contributed by atoms with van der Waals surface area (Å²) in [5, 5.41) is 0. The van der Waals surface area contributed by atoms with E-state index < -0.39 is 0 Å². The number of nitrogens with zero attached hydrogens (tertiary/aromatic N) is 1. The first-order chi connectivity index (χ1) is 6.34. The van der Waals surface area contributed by atoms with Crippen molar-refractivity contribution in [1.29, 1.82) is 0 Å². The molecule has 1 heterocycles. The molecule has 1 nitrogen and oxygen atoms in total. The van der Waals surface area contributed by atoms with Crippen LogP contribution >= 0.6 is 0 Å². The zero-order valence-corrected chi connectivity index (χ0v) is 8.03. The second kappa shape index (κ2) is 3.73. The van der Waals surface area contributed by atoms with Gasteiger partial charge in [-0.15, -0.1) is 0 Å². The maximum absolute atomic E-state index is 4.29. The summed E-state index contributed by atoms with van der Waals surface area (Å²) in [5.41, 5.74) is 2.66. The first-order valence-electron chi connectivity index (χ1n) is 4.95. The molecule has 2 rings (SSSR count). The Morgan fingerprint density at radius 2 is 2.38 bits per heavy atom. The van der Waals surface area contributed by atoms with Crippen LogP contribution in [0.25, 0.3) is 6.08 Å². The lowest BCUT2D eigenvalue weighted by molar-refractivity contribution is 0.620. The molecule has 0 aromatic carbocycles. The summed E-state index contributed by atoms with van der Waals surface area (Å²) in [6.45, 7) is 2.32. The minimum absolute atomic E-state index is 0.870. The Balaban J connectivity index is 2.13. The van der Waals surface area contributed by atoms with Gasteiger partial charge in [-0.05, 0) is 43.4 Å². The number of hydrogen-bond acceptors (Lipinski definition) is 1. The van der Waals surface area contributed by atoms with Crippen molar-refractivity contribution in [3.63, 3.8) is 0 Å². The van der Waals surface area contributed by atoms with Crippen LogP contribution in [0, 0.1) is 5.92 Å². The van der Waals surface area contributed by atoms with Crippen molar-refractivity contribution >= 4 is 6.08 Å². The third-order valence-corrected chi connectivity index (χ3v) is 2.61. The van der Waals surface area contributed by atoms with Crippen LogP contribution in [0.1, 0.15) is 31.9 Å². The van der Waals surface area contributed by atoms with Crippen molar-refractivity contribution in [3.8, 4) is 0 Å². The second-order valence-corrected chi connectivity index (χ2v) is 3.91. The van der Waals surface area contributed by atoms with Gasteiger partial charge in [-0.2, -0.15) is 0 Å². The van der Waals surface area contributed by atoms with E-state index in [4.69, 9.17) is 0 Å². The summed E-state index contributed by atoms with van der Waals surface area (Å²) < 4.78 is 0. The predicted octanol–water partition coefficient (Wildman–Crippen LogP) is 3.29. The third kappa shape index (κ3) is 2.18. The molecular formula is C12H15N. The smallest absolute Gasteiger partial charge is 0.0629 e. The first kappa shape index (κ1) is 8.49. The van der Waals surface area contributed by atoms with E-state index in [0.29, 0.717) is 0 Å². The summed E-state index contributed by atoms with van der Waals surface area (Å²) in [6, 6.07) is 6.06. The van der Waals surface area contributed by atoms with E-state index in [9.17, 15) is 0 Å². The first-order valence-corrected chi connectivity index (χ1v) is 4.95. The summed E-state index contributed by atoms with van der Waals surface area (Å²) in [4.78, 5) is 4.29. The molecule has 1 aliphatic carbocycles. The van der Waals surface area contributed by atoms with Gasteiger partial charge < -0.3 is 0 Å². The molecule has 1 aromatic rings. The van der Waals surface area contributed by atoms with Crippen molar-refractivity contribution in [3.05, 3.63) is 35.7 Å². The van der Waals surface area contributed by atoms with Crippen LogP contribution in [0.4, 0.5) is 0 Å². The molecular weight excluding hydrogens is 158 g/mol. The SMILES string of the molecule is CC1CC/C(=C/c2ccccn2)C1. The van der Waals surface area contributed by atoms with Crippen molar-refractivity contribution < 1.29 is 0 Å². The minimum Gasteiger partial charge on any atom is -0.257 e. The number of allylic oxidation sites excluding steroid dienone is 1. The van der Waals surface area contributed by atoms with E-state index in [0.717, 1.165) is 11.6 Å². The summed E-state index contributed by atoms with van der Waals surface area (Å²) in [7, 11) is 0. The molecule has 0 spiro atoms. The molecule has 1 fully saturated rings. The largest absolute Gasteiger partial charge is 0.257 e. The molecule has 0 amide bonds. The maximum atomic E-state index is 4.29. The van der Waals surface area contributed by atoms with Gasteiger partial charge in [0.25, 0.3) is 0 Å². The lowest BCUT2D eigenvalue weighted by Gasteiger charge is -1.96. The Kier molecular flexibility index (Phi) is 2.44. The highest BCUT2D eigenvalue weighted by molar-refractivity contribution is 5.49. The van der Waals surface area contributed by atoms with Crippen molar-refractivity contribution in [2.45, 2.75) is 26.2 Å². The van der Waals surface area contributed by atoms with Gasteiger partial charge in [0.2, 0.25) is 0 Å². The topological polar surface area (TPSA) is 12.9 Å². The molecule has 0 N–H and O–H groups in total. The predicted molar refractivity (Wildman–Crippen MR) is 55.2 cm³/mol. The molecule has 0 aliphatic heterocycles. The summed E-state index contributed by atoms with van der Waals surface area (Å²) >= 11 is 0. The van der Waals surface area contributed by atoms with Crippen LogP contribution in [0.15, 0.2) is 30.0 Å². The van der Waals surface area contributed by atoms with Crippen LogP contribution in [-0.2, 0) is 0 Å². The summed E-state index contributed by atoms with van der Waals surface area (Å²) in [5.74, 6) is 0.870. The van der Waals surface area contributed by atoms with Crippen LogP contribution < -0.4 is 0 Å². The molecule has 1 aromatic heterocycles. The number of pyridine rings is 1. The Morgan fingerprint density at radius 3 is 3.00 bits per heavy atom. The molecule has 0 radical (unpaired) electrons. The normalized spacial score (nSPS) is 25.3. The number of rotatable bonds is 1. The lowest BCUT2D eigenvalue weighted by atomic mass is 10.1. The Hall–Kier alpha value is -1.11. The maximum Gasteiger partial charge on any atom is 0.0629 e. The molecule has 68 valence electrons. The molecule has 0 saturated heterocycles. The van der Waals surface area contributed by atoms with Gasteiger partial charge in [0.15, 0.2) is 0 Å². The lowest BCUT2D eigenvalue weighted by Crippen LogP contribution is -1.82. The third-order valence-electron chi connectivity index (χ3n) is 2.61. The van der Waals surface area contributed by atoms with Crippen LogP contribution in [0.5, 0.6) is 0 Å². The van der Waals surface area contributed by atoms with E-state index in [1.807, 2.05) is 18.3 Å². The van der Waals surface area contributed by atoms with E-state index >= 15 is 0 Å². The van der Waals surface area contributed by atoms with Crippen molar-refractivity contribution in [2.75, 3.05) is 0 Å². The monoisotopic (exact) mass is 173 g/mol. The van der Waals surface area contributed by atoms with Gasteiger partial charge in [0.05, 0.1) is 5.69 Å². The fraction of sp³-hybridized carbons (Fsp3) is 0.417. The minimum atomic E-state index is 0.870. The fourth-order valence-electron chi connectivity index (χ4n) is 1.89. The molecule has 1 unspecified atom stereocenters. The fourth-order valence-corrected chi connectivity index (χ4v) is 1.89. The molecule has 1 saturated carbocycles.